The second-order valence-electron chi connectivity index (χ2n) is 3.58. The lowest BCUT2D eigenvalue weighted by Crippen LogP contribution is -2.21. The molecule has 1 unspecified atom stereocenters. The number of ether oxygens (including phenoxy) is 1. The summed E-state index contributed by atoms with van der Waals surface area (Å²) >= 11 is 3.06. The molecule has 2 nitrogen and oxygen atoms in total. The van der Waals surface area contributed by atoms with Crippen LogP contribution in [0.3, 0.4) is 0 Å². The Kier molecular flexibility index (Phi) is 6.02. The number of hydrogen-bond acceptors (Lipinski definition) is 2. The van der Waals surface area contributed by atoms with Gasteiger partial charge in [0.1, 0.15) is 11.6 Å². The molecule has 1 aromatic rings. The number of nitrogens with one attached hydrogen (secondary N) is 1. The minimum absolute atomic E-state index is 0.0570. The molecule has 96 valence electrons. The number of benzene rings is 1. The van der Waals surface area contributed by atoms with Gasteiger partial charge >= 0.3 is 0 Å². The summed E-state index contributed by atoms with van der Waals surface area (Å²) in [5, 5.41) is 2.91. The first-order valence-electron chi connectivity index (χ1n) is 5.50. The maximum atomic E-state index is 13.8. The Hall–Kier alpha value is -0.520. The van der Waals surface area contributed by atoms with E-state index < -0.39 is 11.6 Å². The average molecular weight is 308 g/mol. The molecule has 0 bridgehead atoms. The van der Waals surface area contributed by atoms with Gasteiger partial charge in [0.15, 0.2) is 0 Å². The van der Waals surface area contributed by atoms with Crippen LogP contribution < -0.4 is 5.32 Å². The number of halogens is 3. The molecular weight excluding hydrogens is 292 g/mol. The van der Waals surface area contributed by atoms with Crippen LogP contribution in [0, 0.1) is 11.6 Å². The van der Waals surface area contributed by atoms with Crippen LogP contribution in [-0.2, 0) is 4.74 Å². The van der Waals surface area contributed by atoms with Crippen molar-refractivity contribution in [3.8, 4) is 0 Å². The minimum Gasteiger partial charge on any atom is -0.382 e. The summed E-state index contributed by atoms with van der Waals surface area (Å²) in [5.74, 6) is -1.10. The van der Waals surface area contributed by atoms with Crippen molar-refractivity contribution in [2.24, 2.45) is 0 Å². The fourth-order valence-corrected chi connectivity index (χ4v) is 1.99. The molecule has 0 spiro atoms. The summed E-state index contributed by atoms with van der Waals surface area (Å²) in [5.41, 5.74) is 0.0570. The van der Waals surface area contributed by atoms with E-state index in [4.69, 9.17) is 4.74 Å². The van der Waals surface area contributed by atoms with Crippen LogP contribution >= 0.6 is 15.9 Å². The summed E-state index contributed by atoms with van der Waals surface area (Å²) in [4.78, 5) is 0. The molecule has 0 radical (unpaired) electrons. The second-order valence-corrected chi connectivity index (χ2v) is 4.44. The molecule has 0 aliphatic rings. The van der Waals surface area contributed by atoms with Crippen LogP contribution in [0.15, 0.2) is 16.6 Å². The highest BCUT2D eigenvalue weighted by Gasteiger charge is 2.20. The van der Waals surface area contributed by atoms with Crippen LogP contribution in [0.5, 0.6) is 0 Å². The third kappa shape index (κ3) is 3.72. The molecular formula is C12H16BrF2NO. The Morgan fingerprint density at radius 2 is 2.12 bits per heavy atom. The molecule has 1 N–H and O–H groups in total. The molecule has 0 aliphatic heterocycles. The first-order valence-corrected chi connectivity index (χ1v) is 6.29. The van der Waals surface area contributed by atoms with Crippen LogP contribution in [0.4, 0.5) is 8.78 Å². The van der Waals surface area contributed by atoms with E-state index in [0.29, 0.717) is 19.6 Å². The van der Waals surface area contributed by atoms with Gasteiger partial charge in [0.25, 0.3) is 0 Å². The van der Waals surface area contributed by atoms with Gasteiger partial charge in [-0.15, -0.1) is 0 Å². The maximum absolute atomic E-state index is 13.8. The van der Waals surface area contributed by atoms with E-state index in [1.54, 1.807) is 7.05 Å². The maximum Gasteiger partial charge on any atom is 0.145 e. The molecule has 0 fully saturated rings. The predicted molar refractivity (Wildman–Crippen MR) is 67.0 cm³/mol. The van der Waals surface area contributed by atoms with E-state index in [-0.39, 0.29) is 16.1 Å². The Morgan fingerprint density at radius 1 is 1.41 bits per heavy atom. The van der Waals surface area contributed by atoms with Crippen molar-refractivity contribution >= 4 is 15.9 Å². The van der Waals surface area contributed by atoms with Gasteiger partial charge in [0.05, 0.1) is 4.47 Å². The van der Waals surface area contributed by atoms with Crippen molar-refractivity contribution in [3.63, 3.8) is 0 Å². The molecule has 0 aliphatic carbocycles. The van der Waals surface area contributed by atoms with Crippen LogP contribution in [0.1, 0.15) is 24.9 Å². The van der Waals surface area contributed by atoms with E-state index in [0.717, 1.165) is 0 Å². The third-order valence-electron chi connectivity index (χ3n) is 2.53. The lowest BCUT2D eigenvalue weighted by Gasteiger charge is -2.18. The molecule has 0 aromatic heterocycles. The fraction of sp³-hybridized carbons (Fsp3) is 0.500. The molecule has 5 heteroatoms. The monoisotopic (exact) mass is 307 g/mol. The van der Waals surface area contributed by atoms with Crippen molar-refractivity contribution in [2.45, 2.75) is 19.4 Å². The largest absolute Gasteiger partial charge is 0.382 e. The summed E-state index contributed by atoms with van der Waals surface area (Å²) in [7, 11) is 1.68. The lowest BCUT2D eigenvalue weighted by molar-refractivity contribution is 0.136. The molecule has 0 saturated heterocycles. The lowest BCUT2D eigenvalue weighted by atomic mass is 10.0. The summed E-state index contributed by atoms with van der Waals surface area (Å²) in [6.45, 7) is 2.95. The van der Waals surface area contributed by atoms with Gasteiger partial charge in [0.2, 0.25) is 0 Å². The normalized spacial score (nSPS) is 12.8. The van der Waals surface area contributed by atoms with Gasteiger partial charge in [-0.3, -0.25) is 0 Å². The van der Waals surface area contributed by atoms with Gasteiger partial charge in [-0.25, -0.2) is 8.78 Å². The Labute approximate surface area is 108 Å². The summed E-state index contributed by atoms with van der Waals surface area (Å²) in [6.07, 6.45) is 0.522. The van der Waals surface area contributed by atoms with Gasteiger partial charge in [-0.2, -0.15) is 0 Å². The Balaban J connectivity index is 2.91. The predicted octanol–water partition coefficient (Wildman–Crippen LogP) is 3.41. The van der Waals surface area contributed by atoms with E-state index in [1.807, 2.05) is 6.92 Å². The van der Waals surface area contributed by atoms with Gasteiger partial charge in [-0.1, -0.05) is 0 Å². The number of hydrogen-bond donors (Lipinski definition) is 1. The summed E-state index contributed by atoms with van der Waals surface area (Å²) in [6, 6.07) is 2.23. The molecule has 0 heterocycles. The van der Waals surface area contributed by atoms with Gasteiger partial charge < -0.3 is 10.1 Å². The van der Waals surface area contributed by atoms with Crippen molar-refractivity contribution < 1.29 is 13.5 Å². The van der Waals surface area contributed by atoms with E-state index >= 15 is 0 Å². The summed E-state index contributed by atoms with van der Waals surface area (Å²) < 4.78 is 32.9. The highest BCUT2D eigenvalue weighted by molar-refractivity contribution is 9.10. The van der Waals surface area contributed by atoms with Crippen molar-refractivity contribution in [1.29, 1.82) is 0 Å². The van der Waals surface area contributed by atoms with Gasteiger partial charge in [0, 0.05) is 24.8 Å². The first-order chi connectivity index (χ1) is 8.11. The van der Waals surface area contributed by atoms with E-state index in [1.165, 1.54) is 12.1 Å². The van der Waals surface area contributed by atoms with E-state index in [9.17, 15) is 8.78 Å². The Morgan fingerprint density at radius 3 is 2.71 bits per heavy atom. The molecule has 17 heavy (non-hydrogen) atoms. The van der Waals surface area contributed by atoms with Gasteiger partial charge in [-0.05, 0) is 48.5 Å². The van der Waals surface area contributed by atoms with Crippen LogP contribution in [-0.4, -0.2) is 20.3 Å². The van der Waals surface area contributed by atoms with Crippen molar-refractivity contribution in [1.82, 2.24) is 5.32 Å². The van der Waals surface area contributed by atoms with Crippen molar-refractivity contribution in [2.75, 3.05) is 20.3 Å². The first kappa shape index (κ1) is 14.5. The topological polar surface area (TPSA) is 21.3 Å². The molecule has 0 amide bonds. The Bertz CT molecular complexity index is 374. The second kappa shape index (κ2) is 7.03. The fourth-order valence-electron chi connectivity index (χ4n) is 1.64. The zero-order chi connectivity index (χ0) is 12.8. The zero-order valence-electron chi connectivity index (χ0n) is 9.90. The minimum atomic E-state index is -0.555. The van der Waals surface area contributed by atoms with Crippen LogP contribution in [0.2, 0.25) is 0 Å². The molecule has 1 aromatic carbocycles. The zero-order valence-corrected chi connectivity index (χ0v) is 11.5. The highest BCUT2D eigenvalue weighted by atomic mass is 79.9. The molecule has 1 rings (SSSR count). The smallest absolute Gasteiger partial charge is 0.145 e. The number of rotatable bonds is 6. The van der Waals surface area contributed by atoms with E-state index in [2.05, 4.69) is 21.2 Å². The molecule has 0 saturated carbocycles. The van der Waals surface area contributed by atoms with Crippen LogP contribution in [0.25, 0.3) is 0 Å². The third-order valence-corrected chi connectivity index (χ3v) is 3.14. The highest BCUT2D eigenvalue weighted by Crippen LogP contribution is 2.28. The standard InChI is InChI=1S/C12H16BrF2NO/c1-3-17-7-6-10(16-2)11-9(14)5-4-8(13)12(11)15/h4-5,10,16H,3,6-7H2,1-2H3. The SMILES string of the molecule is CCOCCC(NC)c1c(F)ccc(Br)c1F. The van der Waals surface area contributed by atoms with Crippen molar-refractivity contribution in [3.05, 3.63) is 33.8 Å². The molecule has 1 atom stereocenters. The average Bonchev–Trinajstić information content (AvgIpc) is 2.32. The quantitative estimate of drug-likeness (QED) is 0.642.